The Morgan fingerprint density at radius 1 is 1.15 bits per heavy atom. The first kappa shape index (κ1) is 22.8. The van der Waals surface area contributed by atoms with Crippen molar-refractivity contribution in [2.24, 2.45) is 4.99 Å². The molecule has 146 valence electrons. The number of rotatable bonds is 7. The normalized spacial score (nSPS) is 10.7. The van der Waals surface area contributed by atoms with Crippen LogP contribution in [0.15, 0.2) is 47.6 Å². The smallest absolute Gasteiger partial charge is 0.227 e. The summed E-state index contributed by atoms with van der Waals surface area (Å²) in [7, 11) is 1.65. The number of nitrogens with zero attached hydrogens (tertiary/aromatic N) is 2. The molecule has 0 aliphatic carbocycles. The van der Waals surface area contributed by atoms with Gasteiger partial charge in [0.05, 0.1) is 0 Å². The molecule has 1 heterocycles. The highest BCUT2D eigenvalue weighted by molar-refractivity contribution is 14.0. The number of carbonyl (C=O) groups is 1. The molecule has 0 bridgehead atoms. The number of aromatic nitrogens is 1. The second kappa shape index (κ2) is 12.2. The number of halogens is 2. The van der Waals surface area contributed by atoms with E-state index in [0.29, 0.717) is 36.9 Å². The fourth-order valence-electron chi connectivity index (χ4n) is 2.28. The van der Waals surface area contributed by atoms with Crippen LogP contribution in [0.4, 0.5) is 10.2 Å². The lowest BCUT2D eigenvalue weighted by molar-refractivity contribution is -0.116. The van der Waals surface area contributed by atoms with Crippen LogP contribution in [0.1, 0.15) is 17.5 Å². The van der Waals surface area contributed by atoms with E-state index in [1.807, 2.05) is 19.1 Å². The van der Waals surface area contributed by atoms with Crippen LogP contribution in [0.5, 0.6) is 0 Å². The topological polar surface area (TPSA) is 78.4 Å². The Balaban J connectivity index is 0.00000364. The monoisotopic (exact) mass is 485 g/mol. The number of hydrogen-bond acceptors (Lipinski definition) is 3. The molecule has 0 fully saturated rings. The maximum absolute atomic E-state index is 13.6. The summed E-state index contributed by atoms with van der Waals surface area (Å²) in [6, 6.07) is 10.4. The van der Waals surface area contributed by atoms with Crippen molar-refractivity contribution in [3.8, 4) is 0 Å². The van der Waals surface area contributed by atoms with E-state index in [9.17, 15) is 9.18 Å². The van der Waals surface area contributed by atoms with Gasteiger partial charge in [0.2, 0.25) is 5.91 Å². The van der Waals surface area contributed by atoms with Crippen LogP contribution in [0, 0.1) is 12.7 Å². The Morgan fingerprint density at radius 2 is 1.89 bits per heavy atom. The molecule has 6 nitrogen and oxygen atoms in total. The fraction of sp³-hybridized carbons (Fsp3) is 0.316. The van der Waals surface area contributed by atoms with Gasteiger partial charge in [-0.1, -0.05) is 24.3 Å². The number of carbonyl (C=O) groups excluding carboxylic acids is 1. The third-order valence-electron chi connectivity index (χ3n) is 3.69. The maximum Gasteiger partial charge on any atom is 0.227 e. The van der Waals surface area contributed by atoms with E-state index in [4.69, 9.17) is 0 Å². The Morgan fingerprint density at radius 3 is 2.56 bits per heavy atom. The van der Waals surface area contributed by atoms with E-state index < -0.39 is 0 Å². The van der Waals surface area contributed by atoms with Gasteiger partial charge >= 0.3 is 0 Å². The predicted octanol–water partition coefficient (Wildman–Crippen LogP) is 2.88. The molecule has 0 spiro atoms. The number of benzene rings is 1. The second-order valence-corrected chi connectivity index (χ2v) is 5.79. The van der Waals surface area contributed by atoms with Crippen molar-refractivity contribution in [3.63, 3.8) is 0 Å². The Bertz CT molecular complexity index is 752. The van der Waals surface area contributed by atoms with E-state index in [1.54, 1.807) is 31.4 Å². The summed E-state index contributed by atoms with van der Waals surface area (Å²) in [4.78, 5) is 20.1. The molecular weight excluding hydrogens is 460 g/mol. The van der Waals surface area contributed by atoms with Crippen LogP contribution < -0.4 is 16.0 Å². The third-order valence-corrected chi connectivity index (χ3v) is 3.69. The summed E-state index contributed by atoms with van der Waals surface area (Å²) in [6.45, 7) is 2.91. The molecule has 0 saturated heterocycles. The molecule has 1 amide bonds. The third kappa shape index (κ3) is 8.33. The first-order valence-electron chi connectivity index (χ1n) is 8.49. The number of hydrogen-bond donors (Lipinski definition) is 3. The van der Waals surface area contributed by atoms with Gasteiger partial charge in [0.25, 0.3) is 0 Å². The van der Waals surface area contributed by atoms with Gasteiger partial charge < -0.3 is 16.0 Å². The molecule has 0 radical (unpaired) electrons. The van der Waals surface area contributed by atoms with Crippen LogP contribution in [0.25, 0.3) is 0 Å². The van der Waals surface area contributed by atoms with Crippen molar-refractivity contribution in [2.75, 3.05) is 25.5 Å². The largest absolute Gasteiger partial charge is 0.356 e. The summed E-state index contributed by atoms with van der Waals surface area (Å²) in [6.07, 6.45) is 2.53. The lowest BCUT2D eigenvalue weighted by Gasteiger charge is -2.12. The second-order valence-electron chi connectivity index (χ2n) is 5.79. The lowest BCUT2D eigenvalue weighted by Crippen LogP contribution is -2.39. The molecule has 0 aliphatic rings. The minimum Gasteiger partial charge on any atom is -0.356 e. The molecule has 0 unspecified atom stereocenters. The van der Waals surface area contributed by atoms with E-state index in [-0.39, 0.29) is 42.1 Å². The molecule has 27 heavy (non-hydrogen) atoms. The zero-order valence-electron chi connectivity index (χ0n) is 15.5. The number of amides is 1. The summed E-state index contributed by atoms with van der Waals surface area (Å²) < 4.78 is 13.6. The first-order chi connectivity index (χ1) is 12.6. The SMILES string of the molecule is CN=C(NCCC(=O)Nc1ccc(C)cn1)NCCc1ccccc1F.I. The van der Waals surface area contributed by atoms with Gasteiger partial charge in [0.1, 0.15) is 11.6 Å². The molecule has 1 aromatic heterocycles. The molecule has 0 aliphatic heterocycles. The highest BCUT2D eigenvalue weighted by Gasteiger charge is 2.05. The average molecular weight is 485 g/mol. The Hall–Kier alpha value is -2.23. The minimum absolute atomic E-state index is 0. The minimum atomic E-state index is -0.210. The summed E-state index contributed by atoms with van der Waals surface area (Å²) in [5.41, 5.74) is 1.69. The van der Waals surface area contributed by atoms with E-state index in [2.05, 4.69) is 25.9 Å². The number of nitrogens with one attached hydrogen (secondary N) is 3. The fourth-order valence-corrected chi connectivity index (χ4v) is 2.28. The molecule has 2 aromatic rings. The van der Waals surface area contributed by atoms with Crippen molar-refractivity contribution in [1.29, 1.82) is 0 Å². The van der Waals surface area contributed by atoms with Crippen LogP contribution in [-0.4, -0.2) is 37.0 Å². The zero-order valence-corrected chi connectivity index (χ0v) is 17.8. The highest BCUT2D eigenvalue weighted by Crippen LogP contribution is 2.06. The number of aryl methyl sites for hydroxylation is 1. The summed E-state index contributed by atoms with van der Waals surface area (Å²) in [5.74, 6) is 0.768. The van der Waals surface area contributed by atoms with Crippen molar-refractivity contribution < 1.29 is 9.18 Å². The van der Waals surface area contributed by atoms with Crippen LogP contribution >= 0.6 is 24.0 Å². The maximum atomic E-state index is 13.6. The Kier molecular flexibility index (Phi) is 10.3. The molecule has 0 atom stereocenters. The molecule has 3 N–H and O–H groups in total. The van der Waals surface area contributed by atoms with Gasteiger partial charge in [-0.15, -0.1) is 24.0 Å². The predicted molar refractivity (Wildman–Crippen MR) is 117 cm³/mol. The van der Waals surface area contributed by atoms with Crippen LogP contribution in [0.3, 0.4) is 0 Å². The average Bonchev–Trinajstić information content (AvgIpc) is 2.64. The standard InChI is InChI=1S/C19H24FN5O.HI/c1-14-7-8-17(24-13-14)25-18(26)10-12-23-19(21-2)22-11-9-15-5-3-4-6-16(15)20;/h3-8,13H,9-12H2,1-2H3,(H2,21,22,23)(H,24,25,26);1H. The van der Waals surface area contributed by atoms with E-state index in [1.165, 1.54) is 6.07 Å². The number of guanidine groups is 1. The molecule has 1 aromatic carbocycles. The number of anilines is 1. The van der Waals surface area contributed by atoms with Crippen LogP contribution in [-0.2, 0) is 11.2 Å². The van der Waals surface area contributed by atoms with Gasteiger partial charge in [-0.25, -0.2) is 9.37 Å². The first-order valence-corrected chi connectivity index (χ1v) is 8.49. The van der Waals surface area contributed by atoms with Crippen molar-refractivity contribution in [2.45, 2.75) is 19.8 Å². The van der Waals surface area contributed by atoms with Gasteiger partial charge in [-0.2, -0.15) is 0 Å². The Labute approximate surface area is 176 Å². The van der Waals surface area contributed by atoms with E-state index in [0.717, 1.165) is 5.56 Å². The van der Waals surface area contributed by atoms with Crippen LogP contribution in [0.2, 0.25) is 0 Å². The lowest BCUT2D eigenvalue weighted by atomic mass is 10.1. The highest BCUT2D eigenvalue weighted by atomic mass is 127. The van der Waals surface area contributed by atoms with E-state index >= 15 is 0 Å². The number of aliphatic imine (C=N–C) groups is 1. The zero-order chi connectivity index (χ0) is 18.8. The van der Waals surface area contributed by atoms with Gasteiger partial charge in [0.15, 0.2) is 5.96 Å². The molecule has 8 heteroatoms. The summed E-state index contributed by atoms with van der Waals surface area (Å²) >= 11 is 0. The van der Waals surface area contributed by atoms with Crippen molar-refractivity contribution in [3.05, 3.63) is 59.5 Å². The van der Waals surface area contributed by atoms with Gasteiger partial charge in [0, 0.05) is 32.8 Å². The van der Waals surface area contributed by atoms with Crippen molar-refractivity contribution in [1.82, 2.24) is 15.6 Å². The summed E-state index contributed by atoms with van der Waals surface area (Å²) in [5, 5.41) is 8.90. The molecular formula is C19H25FIN5O. The molecule has 0 saturated carbocycles. The quantitative estimate of drug-likeness (QED) is 0.320. The van der Waals surface area contributed by atoms with Crippen molar-refractivity contribution >= 4 is 41.7 Å². The molecule has 2 rings (SSSR count). The van der Waals surface area contributed by atoms with Gasteiger partial charge in [-0.3, -0.25) is 9.79 Å². The number of pyridine rings is 1. The van der Waals surface area contributed by atoms with Gasteiger partial charge in [-0.05, 0) is 36.6 Å².